The molecular weight excluding hydrogens is 264 g/mol. The van der Waals surface area contributed by atoms with Crippen LogP contribution in [0.3, 0.4) is 0 Å². The van der Waals surface area contributed by atoms with Gasteiger partial charge in [-0.05, 0) is 28.8 Å². The molecule has 0 radical (unpaired) electrons. The SMILES string of the molecule is CCC(C)C1NC(=O)c2cc3ccccc3cc2NC1=O. The van der Waals surface area contributed by atoms with Crippen LogP contribution in [0.5, 0.6) is 0 Å². The van der Waals surface area contributed by atoms with Crippen LogP contribution in [0, 0.1) is 5.92 Å². The number of nitrogens with one attached hydrogen (secondary N) is 2. The van der Waals surface area contributed by atoms with Crippen molar-refractivity contribution >= 4 is 28.3 Å². The molecule has 0 saturated carbocycles. The zero-order chi connectivity index (χ0) is 15.0. The predicted octanol–water partition coefficient (Wildman–Crippen LogP) is 2.94. The minimum atomic E-state index is -0.488. The molecule has 2 unspecified atom stereocenters. The summed E-state index contributed by atoms with van der Waals surface area (Å²) in [4.78, 5) is 24.8. The maximum atomic E-state index is 12.4. The van der Waals surface area contributed by atoms with Crippen LogP contribution in [0.1, 0.15) is 30.6 Å². The first-order chi connectivity index (χ1) is 10.1. The van der Waals surface area contributed by atoms with E-state index in [0.717, 1.165) is 17.2 Å². The first kappa shape index (κ1) is 13.6. The number of fused-ring (bicyclic) bond motifs is 2. The van der Waals surface area contributed by atoms with Crippen molar-refractivity contribution in [3.8, 4) is 0 Å². The summed E-state index contributed by atoms with van der Waals surface area (Å²) >= 11 is 0. The molecule has 108 valence electrons. The van der Waals surface area contributed by atoms with Crippen molar-refractivity contribution in [2.45, 2.75) is 26.3 Å². The highest BCUT2D eigenvalue weighted by molar-refractivity contribution is 6.12. The summed E-state index contributed by atoms with van der Waals surface area (Å²) in [6.45, 7) is 3.98. The van der Waals surface area contributed by atoms with Gasteiger partial charge in [0.25, 0.3) is 5.91 Å². The lowest BCUT2D eigenvalue weighted by molar-refractivity contribution is -0.119. The Bertz CT molecular complexity index is 724. The van der Waals surface area contributed by atoms with E-state index in [1.165, 1.54) is 0 Å². The highest BCUT2D eigenvalue weighted by atomic mass is 16.2. The molecule has 0 bridgehead atoms. The Hall–Kier alpha value is -2.36. The molecule has 2 N–H and O–H groups in total. The van der Waals surface area contributed by atoms with Crippen molar-refractivity contribution in [2.75, 3.05) is 5.32 Å². The molecule has 1 aliphatic heterocycles. The summed E-state index contributed by atoms with van der Waals surface area (Å²) in [5.41, 5.74) is 1.11. The van der Waals surface area contributed by atoms with Gasteiger partial charge in [0, 0.05) is 0 Å². The first-order valence-electron chi connectivity index (χ1n) is 7.24. The average molecular weight is 282 g/mol. The van der Waals surface area contributed by atoms with Gasteiger partial charge in [-0.25, -0.2) is 0 Å². The molecule has 21 heavy (non-hydrogen) atoms. The molecule has 4 heteroatoms. The summed E-state index contributed by atoms with van der Waals surface area (Å²) in [5, 5.41) is 7.73. The molecule has 1 aliphatic rings. The smallest absolute Gasteiger partial charge is 0.254 e. The quantitative estimate of drug-likeness (QED) is 0.889. The van der Waals surface area contributed by atoms with E-state index in [-0.39, 0.29) is 17.7 Å². The van der Waals surface area contributed by atoms with Crippen LogP contribution in [-0.4, -0.2) is 17.9 Å². The molecule has 0 fully saturated rings. The Balaban J connectivity index is 2.08. The van der Waals surface area contributed by atoms with Crippen molar-refractivity contribution in [3.63, 3.8) is 0 Å². The minimum Gasteiger partial charge on any atom is -0.340 e. The Kier molecular flexibility index (Phi) is 3.37. The molecule has 0 saturated heterocycles. The maximum absolute atomic E-state index is 12.4. The largest absolute Gasteiger partial charge is 0.340 e. The van der Waals surface area contributed by atoms with E-state index in [4.69, 9.17) is 0 Å². The second-order valence-corrected chi connectivity index (χ2v) is 5.57. The number of hydrogen-bond donors (Lipinski definition) is 2. The van der Waals surface area contributed by atoms with E-state index >= 15 is 0 Å². The fraction of sp³-hybridized carbons (Fsp3) is 0.294. The molecule has 2 amide bonds. The average Bonchev–Trinajstić information content (AvgIpc) is 2.61. The minimum absolute atomic E-state index is 0.0951. The number of benzene rings is 2. The van der Waals surface area contributed by atoms with E-state index in [1.807, 2.05) is 50.2 Å². The van der Waals surface area contributed by atoms with Crippen molar-refractivity contribution in [1.82, 2.24) is 5.32 Å². The molecule has 3 rings (SSSR count). The molecule has 0 aromatic heterocycles. The summed E-state index contributed by atoms with van der Waals surface area (Å²) in [6, 6.07) is 11.0. The zero-order valence-electron chi connectivity index (χ0n) is 12.1. The Labute approximate surface area is 123 Å². The molecule has 0 aliphatic carbocycles. The number of amides is 2. The van der Waals surface area contributed by atoms with Crippen LogP contribution < -0.4 is 10.6 Å². The molecule has 4 nitrogen and oxygen atoms in total. The lowest BCUT2D eigenvalue weighted by atomic mass is 9.98. The number of hydrogen-bond acceptors (Lipinski definition) is 2. The fourth-order valence-corrected chi connectivity index (χ4v) is 2.66. The van der Waals surface area contributed by atoms with Gasteiger partial charge in [-0.1, -0.05) is 44.5 Å². The van der Waals surface area contributed by atoms with Crippen LogP contribution in [0.2, 0.25) is 0 Å². The molecule has 1 heterocycles. The number of carbonyl (C=O) groups excluding carboxylic acids is 2. The topological polar surface area (TPSA) is 58.2 Å². The van der Waals surface area contributed by atoms with Gasteiger partial charge >= 0.3 is 0 Å². The van der Waals surface area contributed by atoms with Gasteiger partial charge in [-0.3, -0.25) is 9.59 Å². The Morgan fingerprint density at radius 3 is 2.48 bits per heavy atom. The van der Waals surface area contributed by atoms with Crippen LogP contribution in [0.15, 0.2) is 36.4 Å². The van der Waals surface area contributed by atoms with Crippen molar-refractivity contribution in [2.24, 2.45) is 5.92 Å². The predicted molar refractivity (Wildman–Crippen MR) is 83.3 cm³/mol. The maximum Gasteiger partial charge on any atom is 0.254 e. The van der Waals surface area contributed by atoms with Crippen LogP contribution in [0.4, 0.5) is 5.69 Å². The van der Waals surface area contributed by atoms with Gasteiger partial charge in [0.15, 0.2) is 0 Å². The molecule has 2 aromatic rings. The van der Waals surface area contributed by atoms with E-state index in [1.54, 1.807) is 0 Å². The number of carbonyl (C=O) groups is 2. The van der Waals surface area contributed by atoms with E-state index in [9.17, 15) is 9.59 Å². The standard InChI is InChI=1S/C17H18N2O2/c1-3-10(2)15-17(21)18-14-9-12-7-5-4-6-11(12)8-13(14)16(20)19-15/h4-10,15H,3H2,1-2H3,(H,18,21)(H,19,20). The van der Waals surface area contributed by atoms with Gasteiger partial charge < -0.3 is 10.6 Å². The van der Waals surface area contributed by atoms with Crippen LogP contribution in [0.25, 0.3) is 10.8 Å². The second kappa shape index (κ2) is 5.20. The highest BCUT2D eigenvalue weighted by Gasteiger charge is 2.31. The summed E-state index contributed by atoms with van der Waals surface area (Å²) in [6.07, 6.45) is 0.830. The molecule has 0 spiro atoms. The zero-order valence-corrected chi connectivity index (χ0v) is 12.1. The van der Waals surface area contributed by atoms with Gasteiger partial charge in [0.2, 0.25) is 5.91 Å². The van der Waals surface area contributed by atoms with Crippen LogP contribution in [-0.2, 0) is 4.79 Å². The van der Waals surface area contributed by atoms with E-state index in [0.29, 0.717) is 11.3 Å². The third kappa shape index (κ3) is 2.37. The van der Waals surface area contributed by atoms with Crippen molar-refractivity contribution in [3.05, 3.63) is 42.0 Å². The number of anilines is 1. The monoisotopic (exact) mass is 282 g/mol. The third-order valence-corrected chi connectivity index (χ3v) is 4.17. The summed E-state index contributed by atoms with van der Waals surface area (Å²) in [7, 11) is 0. The fourth-order valence-electron chi connectivity index (χ4n) is 2.66. The van der Waals surface area contributed by atoms with Gasteiger partial charge in [0.05, 0.1) is 11.3 Å². The first-order valence-corrected chi connectivity index (χ1v) is 7.24. The highest BCUT2D eigenvalue weighted by Crippen LogP contribution is 2.27. The number of rotatable bonds is 2. The molecule has 2 aromatic carbocycles. The Morgan fingerprint density at radius 2 is 1.81 bits per heavy atom. The van der Waals surface area contributed by atoms with Crippen molar-refractivity contribution < 1.29 is 9.59 Å². The van der Waals surface area contributed by atoms with E-state index < -0.39 is 6.04 Å². The van der Waals surface area contributed by atoms with Gasteiger partial charge in [0.1, 0.15) is 6.04 Å². The second-order valence-electron chi connectivity index (χ2n) is 5.57. The lowest BCUT2D eigenvalue weighted by Crippen LogP contribution is -2.45. The summed E-state index contributed by atoms with van der Waals surface area (Å²) < 4.78 is 0. The third-order valence-electron chi connectivity index (χ3n) is 4.17. The van der Waals surface area contributed by atoms with Gasteiger partial charge in [-0.2, -0.15) is 0 Å². The lowest BCUT2D eigenvalue weighted by Gasteiger charge is -2.20. The van der Waals surface area contributed by atoms with Gasteiger partial charge in [-0.15, -0.1) is 0 Å². The normalized spacial score (nSPS) is 19.4. The van der Waals surface area contributed by atoms with Crippen molar-refractivity contribution in [1.29, 1.82) is 0 Å². The molecular formula is C17H18N2O2. The summed E-state index contributed by atoms with van der Waals surface area (Å²) in [5.74, 6) is -0.246. The van der Waals surface area contributed by atoms with E-state index in [2.05, 4.69) is 10.6 Å². The Morgan fingerprint density at radius 1 is 1.14 bits per heavy atom. The van der Waals surface area contributed by atoms with Crippen LogP contribution >= 0.6 is 0 Å². The molecule has 2 atom stereocenters.